The van der Waals surface area contributed by atoms with Crippen LogP contribution in [0.25, 0.3) is 10.8 Å². The molecule has 1 fully saturated rings. The third kappa shape index (κ3) is 6.60. The van der Waals surface area contributed by atoms with Crippen LogP contribution in [0.4, 0.5) is 8.78 Å². The van der Waals surface area contributed by atoms with Crippen LogP contribution < -0.4 is 0 Å². The van der Waals surface area contributed by atoms with E-state index in [0.717, 1.165) is 30.7 Å². The fraction of sp³-hybridized carbons (Fsp3) is 0.462. The molecule has 3 rings (SSSR count). The smallest absolute Gasteiger partial charge is 0.303 e. The van der Waals surface area contributed by atoms with E-state index in [1.165, 1.54) is 18.2 Å². The number of likely N-dealkylation sites (tertiary alicyclic amines) is 1. The molecule has 1 aliphatic rings. The second kappa shape index (κ2) is 11.4. The molecule has 33 heavy (non-hydrogen) atoms. The van der Waals surface area contributed by atoms with Gasteiger partial charge in [-0.05, 0) is 42.5 Å². The third-order valence-corrected chi connectivity index (χ3v) is 6.17. The van der Waals surface area contributed by atoms with Gasteiger partial charge in [0.1, 0.15) is 6.10 Å². The summed E-state index contributed by atoms with van der Waals surface area (Å²) in [5.74, 6) is -4.29. The number of fused-ring (bicyclic) bond motifs is 1. The second-order valence-electron chi connectivity index (χ2n) is 8.62. The predicted molar refractivity (Wildman–Crippen MR) is 123 cm³/mol. The molecule has 2 aromatic rings. The number of carboxylic acids is 1. The van der Waals surface area contributed by atoms with Crippen LogP contribution in [0.5, 0.6) is 0 Å². The maximum Gasteiger partial charge on any atom is 0.303 e. The Morgan fingerprint density at radius 3 is 2.61 bits per heavy atom. The standard InChI is InChI=1S/C26H31F2NO4/c27-26(28,21-14-13-19-8-4-5-9-20(19)18-21)23(30)16-15-22-10-7-11-24(31)29(22)17-6-2-1-3-12-25(32)33/h4-5,8-9,13-16,18,22-23,30H,1-3,6-7,10-12,17H2,(H,32,33)/b16-15+/t22-,23-/m1/s1. The van der Waals surface area contributed by atoms with Crippen molar-refractivity contribution in [3.8, 4) is 0 Å². The SMILES string of the molecule is O=C(O)CCCCCCN1C(=O)CCC[C@@H]1/C=C/[C@@H](O)C(F)(F)c1ccc2ccccc2c1. The molecule has 0 aliphatic carbocycles. The molecule has 0 unspecified atom stereocenters. The third-order valence-electron chi connectivity index (χ3n) is 6.17. The van der Waals surface area contributed by atoms with Gasteiger partial charge in [0.25, 0.3) is 0 Å². The monoisotopic (exact) mass is 459 g/mol. The van der Waals surface area contributed by atoms with Crippen LogP contribution in [-0.4, -0.2) is 45.7 Å². The number of hydrogen-bond acceptors (Lipinski definition) is 3. The Morgan fingerprint density at radius 1 is 1.12 bits per heavy atom. The van der Waals surface area contributed by atoms with Crippen molar-refractivity contribution in [2.45, 2.75) is 69.4 Å². The van der Waals surface area contributed by atoms with Gasteiger partial charge >= 0.3 is 11.9 Å². The summed E-state index contributed by atoms with van der Waals surface area (Å²) in [5, 5.41) is 20.5. The summed E-state index contributed by atoms with van der Waals surface area (Å²) in [6, 6.07) is 11.2. The maximum absolute atomic E-state index is 15.0. The lowest BCUT2D eigenvalue weighted by atomic mass is 9.96. The van der Waals surface area contributed by atoms with Crippen molar-refractivity contribution >= 4 is 22.6 Å². The van der Waals surface area contributed by atoms with E-state index in [0.29, 0.717) is 37.6 Å². The lowest BCUT2D eigenvalue weighted by molar-refractivity contribution is -0.137. The lowest BCUT2D eigenvalue weighted by Gasteiger charge is -2.34. The number of piperidine rings is 1. The number of unbranched alkanes of at least 4 members (excludes halogenated alkanes) is 3. The van der Waals surface area contributed by atoms with Crippen LogP contribution in [0.15, 0.2) is 54.6 Å². The van der Waals surface area contributed by atoms with Crippen LogP contribution in [0.1, 0.15) is 56.9 Å². The van der Waals surface area contributed by atoms with Gasteiger partial charge < -0.3 is 15.1 Å². The van der Waals surface area contributed by atoms with Crippen LogP contribution in [-0.2, 0) is 15.5 Å². The highest BCUT2D eigenvalue weighted by atomic mass is 19.3. The van der Waals surface area contributed by atoms with Crippen molar-refractivity contribution in [2.75, 3.05) is 6.54 Å². The van der Waals surface area contributed by atoms with Crippen LogP contribution >= 0.6 is 0 Å². The molecule has 1 heterocycles. The zero-order valence-electron chi connectivity index (χ0n) is 18.6. The molecule has 0 aromatic heterocycles. The molecule has 0 saturated carbocycles. The van der Waals surface area contributed by atoms with Gasteiger partial charge in [-0.1, -0.05) is 61.4 Å². The van der Waals surface area contributed by atoms with Crippen LogP contribution in [0.3, 0.4) is 0 Å². The van der Waals surface area contributed by atoms with Crippen LogP contribution in [0.2, 0.25) is 0 Å². The molecule has 2 N–H and O–H groups in total. The topological polar surface area (TPSA) is 77.8 Å². The fourth-order valence-corrected chi connectivity index (χ4v) is 4.27. The van der Waals surface area contributed by atoms with Crippen molar-refractivity contribution < 1.29 is 28.6 Å². The van der Waals surface area contributed by atoms with E-state index >= 15 is 0 Å². The summed E-state index contributed by atoms with van der Waals surface area (Å²) in [5.41, 5.74) is -0.253. The first-order valence-corrected chi connectivity index (χ1v) is 11.5. The number of hydrogen-bond donors (Lipinski definition) is 2. The molecule has 2 atom stereocenters. The Kier molecular flexibility index (Phi) is 8.55. The minimum absolute atomic E-state index is 0.0165. The second-order valence-corrected chi connectivity index (χ2v) is 8.62. The van der Waals surface area contributed by atoms with Gasteiger partial charge in [-0.15, -0.1) is 0 Å². The Hall–Kier alpha value is -2.80. The van der Waals surface area contributed by atoms with Gasteiger partial charge in [-0.2, -0.15) is 8.78 Å². The van der Waals surface area contributed by atoms with Gasteiger partial charge in [-0.25, -0.2) is 0 Å². The Balaban J connectivity index is 1.62. The number of aliphatic hydroxyl groups is 1. The van der Waals surface area contributed by atoms with E-state index in [1.807, 2.05) is 12.1 Å². The molecular weight excluding hydrogens is 428 g/mol. The molecule has 2 aromatic carbocycles. The maximum atomic E-state index is 15.0. The molecule has 178 valence electrons. The molecule has 0 radical (unpaired) electrons. The average molecular weight is 460 g/mol. The molecule has 7 heteroatoms. The number of nitrogens with zero attached hydrogens (tertiary/aromatic N) is 1. The first-order chi connectivity index (χ1) is 15.8. The van der Waals surface area contributed by atoms with Crippen molar-refractivity contribution in [2.24, 2.45) is 0 Å². The quantitative estimate of drug-likeness (QED) is 0.355. The van der Waals surface area contributed by atoms with Crippen molar-refractivity contribution in [3.05, 3.63) is 60.2 Å². The predicted octanol–water partition coefficient (Wildman–Crippen LogP) is 5.26. The van der Waals surface area contributed by atoms with E-state index in [1.54, 1.807) is 23.1 Å². The molecule has 0 spiro atoms. The molecule has 0 bridgehead atoms. The zero-order valence-corrected chi connectivity index (χ0v) is 18.6. The van der Waals surface area contributed by atoms with Crippen molar-refractivity contribution in [1.82, 2.24) is 4.90 Å². The molecule has 1 amide bonds. The van der Waals surface area contributed by atoms with Gasteiger partial charge in [0.2, 0.25) is 5.91 Å². The minimum atomic E-state index is -3.46. The summed E-state index contributed by atoms with van der Waals surface area (Å²) in [6.07, 6.45) is 5.44. The van der Waals surface area contributed by atoms with Crippen molar-refractivity contribution in [1.29, 1.82) is 0 Å². The first-order valence-electron chi connectivity index (χ1n) is 11.5. The Labute approximate surface area is 192 Å². The summed E-state index contributed by atoms with van der Waals surface area (Å²) in [7, 11) is 0. The zero-order chi connectivity index (χ0) is 23.8. The summed E-state index contributed by atoms with van der Waals surface area (Å²) in [6.45, 7) is 0.498. The Bertz CT molecular complexity index is 991. The van der Waals surface area contributed by atoms with E-state index in [-0.39, 0.29) is 23.9 Å². The number of aliphatic hydroxyl groups excluding tert-OH is 1. The largest absolute Gasteiger partial charge is 0.481 e. The number of carbonyl (C=O) groups is 2. The molecule has 1 aliphatic heterocycles. The molecule has 1 saturated heterocycles. The summed E-state index contributed by atoms with van der Waals surface area (Å²) < 4.78 is 29.9. The van der Waals surface area contributed by atoms with E-state index in [4.69, 9.17) is 5.11 Å². The summed E-state index contributed by atoms with van der Waals surface area (Å²) in [4.78, 5) is 24.7. The lowest BCUT2D eigenvalue weighted by Crippen LogP contribution is -2.43. The fourth-order valence-electron chi connectivity index (χ4n) is 4.27. The van der Waals surface area contributed by atoms with Gasteiger partial charge in [0.15, 0.2) is 0 Å². The van der Waals surface area contributed by atoms with Gasteiger partial charge in [0, 0.05) is 24.9 Å². The highest BCUT2D eigenvalue weighted by Crippen LogP contribution is 2.34. The number of carbonyl (C=O) groups excluding carboxylic acids is 1. The highest BCUT2D eigenvalue weighted by Gasteiger charge is 2.39. The number of benzene rings is 2. The molecular formula is C26H31F2NO4. The number of carboxylic acid groups (broad SMARTS) is 1. The van der Waals surface area contributed by atoms with E-state index < -0.39 is 18.0 Å². The number of aliphatic carboxylic acids is 1. The minimum Gasteiger partial charge on any atom is -0.481 e. The van der Waals surface area contributed by atoms with Crippen LogP contribution in [0, 0.1) is 0 Å². The first kappa shape index (κ1) is 24.8. The number of alkyl halides is 2. The van der Waals surface area contributed by atoms with Gasteiger partial charge in [-0.3, -0.25) is 9.59 Å². The summed E-state index contributed by atoms with van der Waals surface area (Å²) >= 11 is 0. The van der Waals surface area contributed by atoms with Crippen molar-refractivity contribution in [3.63, 3.8) is 0 Å². The van der Waals surface area contributed by atoms with E-state index in [2.05, 4.69) is 0 Å². The number of rotatable bonds is 11. The highest BCUT2D eigenvalue weighted by molar-refractivity contribution is 5.83. The van der Waals surface area contributed by atoms with Gasteiger partial charge in [0.05, 0.1) is 6.04 Å². The number of amides is 1. The average Bonchev–Trinajstić information content (AvgIpc) is 2.80. The Morgan fingerprint density at radius 2 is 1.85 bits per heavy atom. The number of halogens is 2. The normalized spacial score (nSPS) is 18.2. The molecule has 5 nitrogen and oxygen atoms in total. The van der Waals surface area contributed by atoms with E-state index in [9.17, 15) is 23.5 Å².